The van der Waals surface area contributed by atoms with Gasteiger partial charge in [-0.2, -0.15) is 0 Å². The van der Waals surface area contributed by atoms with Crippen molar-refractivity contribution < 1.29 is 19.3 Å². The second-order valence-electron chi connectivity index (χ2n) is 10.7. The average molecular weight is 418 g/mol. The molecule has 2 N–H and O–H groups in total. The van der Waals surface area contributed by atoms with Crippen molar-refractivity contribution in [2.45, 2.75) is 124 Å². The molecule has 0 aromatic rings. The molecule has 5 heteroatoms. The Bertz CT molecular complexity index is 450. The maximum atomic E-state index is 9.03. The average Bonchev–Trinajstić information content (AvgIpc) is 2.58. The minimum Gasteiger partial charge on any atom is -0.395 e. The van der Waals surface area contributed by atoms with Crippen LogP contribution >= 0.6 is 0 Å². The van der Waals surface area contributed by atoms with Crippen LogP contribution in [0, 0.1) is 5.41 Å². The number of aliphatic hydroxyl groups is 1. The van der Waals surface area contributed by atoms with Gasteiger partial charge in [0, 0.05) is 19.7 Å². The number of ether oxygens (including phenoxy) is 3. The predicted octanol–water partition coefficient (Wildman–Crippen LogP) is 4.95. The van der Waals surface area contributed by atoms with E-state index in [2.05, 4.69) is 74.6 Å². The normalized spacial score (nSPS) is 17.8. The van der Waals surface area contributed by atoms with Gasteiger partial charge in [-0.15, -0.1) is 0 Å². The maximum absolute atomic E-state index is 9.03. The zero-order valence-corrected chi connectivity index (χ0v) is 21.3. The topological polar surface area (TPSA) is 60.0 Å². The van der Waals surface area contributed by atoms with Crippen LogP contribution < -0.4 is 5.32 Å². The summed E-state index contributed by atoms with van der Waals surface area (Å²) in [5.41, 5.74) is -0.669. The van der Waals surface area contributed by atoms with E-state index in [0.717, 1.165) is 25.7 Å². The van der Waals surface area contributed by atoms with E-state index in [1.165, 1.54) is 0 Å². The van der Waals surface area contributed by atoms with Crippen LogP contribution in [0.1, 0.15) is 94.9 Å². The minimum absolute atomic E-state index is 0.0426. The third-order valence-electron chi connectivity index (χ3n) is 6.72. The third kappa shape index (κ3) is 10.6. The molecule has 0 saturated heterocycles. The highest BCUT2D eigenvalue weighted by Crippen LogP contribution is 2.40. The lowest BCUT2D eigenvalue weighted by atomic mass is 9.73. The molecule has 0 aliphatic heterocycles. The first-order valence-corrected chi connectivity index (χ1v) is 11.3. The standard InChI is InChI=1S/C24H51NO4/c1-12-24(10,17-19(2)25-14-15-26)29-20(3)18-21(4,5)23(8,9)28-16-13-22(6,7)27-11/h19-20,25-26H,12-18H2,1-11H3. The summed E-state index contributed by atoms with van der Waals surface area (Å²) in [6, 6.07) is 0.302. The summed E-state index contributed by atoms with van der Waals surface area (Å²) in [4.78, 5) is 0. The van der Waals surface area contributed by atoms with E-state index < -0.39 is 0 Å². The van der Waals surface area contributed by atoms with Crippen molar-refractivity contribution in [3.63, 3.8) is 0 Å². The van der Waals surface area contributed by atoms with Crippen LogP contribution in [-0.4, -0.2) is 60.9 Å². The zero-order valence-electron chi connectivity index (χ0n) is 21.3. The van der Waals surface area contributed by atoms with Crippen molar-refractivity contribution in [3.05, 3.63) is 0 Å². The van der Waals surface area contributed by atoms with Gasteiger partial charge in [0.2, 0.25) is 0 Å². The van der Waals surface area contributed by atoms with Gasteiger partial charge >= 0.3 is 0 Å². The van der Waals surface area contributed by atoms with E-state index in [9.17, 15) is 0 Å². The molecule has 0 saturated carbocycles. The number of hydrogen-bond donors (Lipinski definition) is 2. The Labute approximate surface area is 181 Å². The van der Waals surface area contributed by atoms with Gasteiger partial charge in [0.05, 0.1) is 36.1 Å². The number of hydrogen-bond acceptors (Lipinski definition) is 5. The lowest BCUT2D eigenvalue weighted by Gasteiger charge is -2.45. The molecule has 29 heavy (non-hydrogen) atoms. The third-order valence-corrected chi connectivity index (χ3v) is 6.72. The fourth-order valence-corrected chi connectivity index (χ4v) is 3.65. The van der Waals surface area contributed by atoms with Crippen LogP contribution in [-0.2, 0) is 14.2 Å². The smallest absolute Gasteiger partial charge is 0.0678 e. The van der Waals surface area contributed by atoms with E-state index in [-0.39, 0.29) is 34.9 Å². The molecule has 0 bridgehead atoms. The number of nitrogens with one attached hydrogen (secondary N) is 1. The molecule has 0 spiro atoms. The summed E-state index contributed by atoms with van der Waals surface area (Å²) in [6.07, 6.45) is 3.77. The Hall–Kier alpha value is -0.200. The van der Waals surface area contributed by atoms with E-state index in [4.69, 9.17) is 19.3 Å². The molecule has 0 aliphatic rings. The molecule has 0 aromatic heterocycles. The number of methoxy groups -OCH3 is 1. The molecular formula is C24H51NO4. The van der Waals surface area contributed by atoms with Gasteiger partial charge in [-0.3, -0.25) is 0 Å². The highest BCUT2D eigenvalue weighted by atomic mass is 16.5. The first kappa shape index (κ1) is 28.8. The highest BCUT2D eigenvalue weighted by molar-refractivity contribution is 4.90. The SMILES string of the molecule is CCC(C)(CC(C)NCCO)OC(C)CC(C)(C)C(C)(C)OCCC(C)(C)OC. The fraction of sp³-hybridized carbons (Fsp3) is 1.00. The summed E-state index contributed by atoms with van der Waals surface area (Å²) in [5.74, 6) is 0. The maximum Gasteiger partial charge on any atom is 0.0678 e. The van der Waals surface area contributed by atoms with E-state index in [1.807, 2.05) is 0 Å². The van der Waals surface area contributed by atoms with Crippen LogP contribution in [0.25, 0.3) is 0 Å². The Morgan fingerprint density at radius 3 is 2.03 bits per heavy atom. The molecule has 3 unspecified atom stereocenters. The van der Waals surface area contributed by atoms with Crippen molar-refractivity contribution in [2.75, 3.05) is 26.9 Å². The first-order chi connectivity index (χ1) is 13.1. The summed E-state index contributed by atoms with van der Waals surface area (Å²) in [5, 5.41) is 12.4. The molecule has 0 radical (unpaired) electrons. The van der Waals surface area contributed by atoms with Crippen molar-refractivity contribution >= 4 is 0 Å². The van der Waals surface area contributed by atoms with Gasteiger partial charge in [0.15, 0.2) is 0 Å². The molecule has 5 nitrogen and oxygen atoms in total. The number of aliphatic hydroxyl groups excluding tert-OH is 1. The largest absolute Gasteiger partial charge is 0.395 e. The van der Waals surface area contributed by atoms with Gasteiger partial charge in [0.1, 0.15) is 0 Å². The first-order valence-electron chi connectivity index (χ1n) is 11.3. The van der Waals surface area contributed by atoms with Gasteiger partial charge in [-0.05, 0) is 79.6 Å². The van der Waals surface area contributed by atoms with Gasteiger partial charge < -0.3 is 24.6 Å². The lowest BCUT2D eigenvalue weighted by Crippen LogP contribution is -2.46. The fourth-order valence-electron chi connectivity index (χ4n) is 3.65. The quantitative estimate of drug-likeness (QED) is 0.372. The van der Waals surface area contributed by atoms with Crippen LogP contribution in [0.3, 0.4) is 0 Å². The van der Waals surface area contributed by atoms with Gasteiger partial charge in [-0.1, -0.05) is 20.8 Å². The van der Waals surface area contributed by atoms with Gasteiger partial charge in [-0.25, -0.2) is 0 Å². The molecule has 3 atom stereocenters. The Morgan fingerprint density at radius 1 is 0.966 bits per heavy atom. The predicted molar refractivity (Wildman–Crippen MR) is 123 cm³/mol. The second kappa shape index (κ2) is 12.0. The van der Waals surface area contributed by atoms with E-state index >= 15 is 0 Å². The van der Waals surface area contributed by atoms with E-state index in [0.29, 0.717) is 19.2 Å². The Morgan fingerprint density at radius 2 is 1.55 bits per heavy atom. The number of rotatable bonds is 16. The molecule has 0 fully saturated rings. The molecule has 0 aromatic carbocycles. The lowest BCUT2D eigenvalue weighted by molar-refractivity contribution is -0.147. The van der Waals surface area contributed by atoms with Crippen LogP contribution in [0.5, 0.6) is 0 Å². The highest BCUT2D eigenvalue weighted by Gasteiger charge is 2.40. The monoisotopic (exact) mass is 417 g/mol. The van der Waals surface area contributed by atoms with Crippen molar-refractivity contribution in [1.82, 2.24) is 5.32 Å². The van der Waals surface area contributed by atoms with Crippen LogP contribution in [0.4, 0.5) is 0 Å². The molecule has 176 valence electrons. The van der Waals surface area contributed by atoms with Crippen LogP contribution in [0.2, 0.25) is 0 Å². The summed E-state index contributed by atoms with van der Waals surface area (Å²) < 4.78 is 18.4. The summed E-state index contributed by atoms with van der Waals surface area (Å²) in [7, 11) is 1.75. The van der Waals surface area contributed by atoms with Crippen molar-refractivity contribution in [1.29, 1.82) is 0 Å². The van der Waals surface area contributed by atoms with Crippen molar-refractivity contribution in [2.24, 2.45) is 5.41 Å². The zero-order chi connectivity index (χ0) is 22.9. The van der Waals surface area contributed by atoms with Crippen molar-refractivity contribution in [3.8, 4) is 0 Å². The van der Waals surface area contributed by atoms with Gasteiger partial charge in [0.25, 0.3) is 0 Å². The minimum atomic E-state index is -0.271. The molecular weight excluding hydrogens is 366 g/mol. The second-order valence-corrected chi connectivity index (χ2v) is 10.7. The molecule has 0 rings (SSSR count). The summed E-state index contributed by atoms with van der Waals surface area (Å²) in [6.45, 7) is 23.2. The Kier molecular flexibility index (Phi) is 11.9. The molecule has 0 aliphatic carbocycles. The summed E-state index contributed by atoms with van der Waals surface area (Å²) >= 11 is 0. The van der Waals surface area contributed by atoms with Crippen LogP contribution in [0.15, 0.2) is 0 Å². The Balaban J connectivity index is 4.84. The van der Waals surface area contributed by atoms with E-state index in [1.54, 1.807) is 7.11 Å². The molecule has 0 heterocycles. The molecule has 0 amide bonds.